The number of benzene rings is 1. The number of carboxylic acids is 1. The van der Waals surface area contributed by atoms with Crippen LogP contribution in [-0.4, -0.2) is 68.8 Å². The van der Waals surface area contributed by atoms with Gasteiger partial charge in [-0.15, -0.1) is 0 Å². The molecule has 1 aromatic carbocycles. The molecule has 0 aromatic heterocycles. The van der Waals surface area contributed by atoms with E-state index in [9.17, 15) is 9.59 Å². The molecule has 6 heteroatoms. The van der Waals surface area contributed by atoms with Crippen molar-refractivity contribution in [2.45, 2.75) is 6.92 Å². The number of carbonyl (C=O) groups is 2. The smallest absolute Gasteiger partial charge is 1.00 e. The molecule has 0 amide bonds. The van der Waals surface area contributed by atoms with Gasteiger partial charge in [-0.3, -0.25) is 4.79 Å². The zero-order chi connectivity index (χ0) is 12.1. The Kier molecular flexibility index (Phi) is 7.18. The Morgan fingerprint density at radius 1 is 1.53 bits per heavy atom. The van der Waals surface area contributed by atoms with Crippen LogP contribution in [0.1, 0.15) is 30.5 Å². The summed E-state index contributed by atoms with van der Waals surface area (Å²) >= 11 is 0. The van der Waals surface area contributed by atoms with Crippen LogP contribution >= 0.6 is 0 Å². The van der Waals surface area contributed by atoms with E-state index < -0.39 is 5.97 Å². The van der Waals surface area contributed by atoms with E-state index in [1.165, 1.54) is 19.2 Å². The number of ether oxygens (including phenoxy) is 2. The fourth-order valence-corrected chi connectivity index (χ4v) is 1.30. The number of hydrogen-bond donors (Lipinski definition) is 1. The van der Waals surface area contributed by atoms with Crippen molar-refractivity contribution in [3.8, 4) is 11.5 Å². The Hall–Kier alpha value is -0.780. The van der Waals surface area contributed by atoms with Crippen molar-refractivity contribution in [1.82, 2.24) is 0 Å². The van der Waals surface area contributed by atoms with Crippen LogP contribution in [0.15, 0.2) is 12.1 Å². The van der Waals surface area contributed by atoms with Gasteiger partial charge in [-0.2, -0.15) is 0 Å². The van der Waals surface area contributed by atoms with Gasteiger partial charge in [0.05, 0.1) is 13.7 Å². The zero-order valence-electron chi connectivity index (χ0n) is 11.7. The summed E-state index contributed by atoms with van der Waals surface area (Å²) in [7, 11) is 1.39. The van der Waals surface area contributed by atoms with Gasteiger partial charge in [0.2, 0.25) is 0 Å². The van der Waals surface area contributed by atoms with E-state index in [1.807, 2.05) is 0 Å². The van der Waals surface area contributed by atoms with E-state index in [0.717, 1.165) is 0 Å². The summed E-state index contributed by atoms with van der Waals surface area (Å²) in [6.07, 6.45) is 0.560. The molecule has 1 aromatic rings. The van der Waals surface area contributed by atoms with Gasteiger partial charge in [-0.1, -0.05) is 0 Å². The van der Waals surface area contributed by atoms with Crippen molar-refractivity contribution in [1.29, 1.82) is 0 Å². The molecule has 0 bridgehead atoms. The normalized spacial score (nSPS) is 9.06. The fraction of sp³-hybridized carbons (Fsp3) is 0.273. The van der Waals surface area contributed by atoms with Crippen molar-refractivity contribution < 1.29 is 27.0 Å². The standard InChI is InChI=1S/C11H12O5.Ca.2H/c1-3-16-10-8(11(13)14)4-7(6-12)5-9(10)15-2;;;/h4-6H,3H2,1-2H3,(H,13,14);;;/q;+2;2*-1. The number of carboxylic acid groups (broad SMARTS) is 1. The van der Waals surface area contributed by atoms with Gasteiger partial charge in [0, 0.05) is 5.56 Å². The Labute approximate surface area is 132 Å². The number of carbonyl (C=O) groups excluding carboxylic acids is 1. The SMILES string of the molecule is CCOc1c(OC)cc(C=O)cc1C(=O)O.[Ca+2].[H-].[H-]. The van der Waals surface area contributed by atoms with Gasteiger partial charge >= 0.3 is 43.7 Å². The first kappa shape index (κ1) is 16.2. The van der Waals surface area contributed by atoms with Gasteiger partial charge in [-0.05, 0) is 19.1 Å². The van der Waals surface area contributed by atoms with Crippen LogP contribution in [0.3, 0.4) is 0 Å². The largest absolute Gasteiger partial charge is 2.00 e. The second kappa shape index (κ2) is 7.53. The molecule has 0 aliphatic carbocycles. The minimum atomic E-state index is -1.16. The first-order valence-corrected chi connectivity index (χ1v) is 4.67. The molecule has 90 valence electrons. The Balaban J connectivity index is -0.000000853. The third kappa shape index (κ3) is 3.87. The van der Waals surface area contributed by atoms with Crippen molar-refractivity contribution >= 4 is 50.0 Å². The van der Waals surface area contributed by atoms with Gasteiger partial charge in [0.25, 0.3) is 0 Å². The summed E-state index contributed by atoms with van der Waals surface area (Å²) < 4.78 is 10.2. The number of hydrogen-bond acceptors (Lipinski definition) is 4. The van der Waals surface area contributed by atoms with E-state index in [2.05, 4.69) is 0 Å². The van der Waals surface area contributed by atoms with Gasteiger partial charge in [-0.25, -0.2) is 4.79 Å². The van der Waals surface area contributed by atoms with Crippen LogP contribution < -0.4 is 9.47 Å². The number of methoxy groups -OCH3 is 1. The average molecular weight is 266 g/mol. The third-order valence-corrected chi connectivity index (χ3v) is 1.95. The maximum Gasteiger partial charge on any atom is 2.00 e. The summed E-state index contributed by atoms with van der Waals surface area (Å²) in [4.78, 5) is 21.6. The number of aromatic carboxylic acids is 1. The predicted molar refractivity (Wildman–Crippen MR) is 64.5 cm³/mol. The van der Waals surface area contributed by atoms with E-state index in [4.69, 9.17) is 14.6 Å². The maximum absolute atomic E-state index is 11.0. The molecule has 5 nitrogen and oxygen atoms in total. The van der Waals surface area contributed by atoms with Crippen molar-refractivity contribution in [2.24, 2.45) is 0 Å². The van der Waals surface area contributed by atoms with Crippen LogP contribution in [0, 0.1) is 0 Å². The first-order valence-electron chi connectivity index (χ1n) is 4.67. The summed E-state index contributed by atoms with van der Waals surface area (Å²) in [6.45, 7) is 2.05. The van der Waals surface area contributed by atoms with Crippen LogP contribution in [0.2, 0.25) is 0 Å². The molecule has 0 heterocycles. The zero-order valence-corrected chi connectivity index (χ0v) is 11.9. The third-order valence-electron chi connectivity index (χ3n) is 1.95. The molecule has 0 aliphatic rings. The molecular weight excluding hydrogens is 252 g/mol. The average Bonchev–Trinajstić information content (AvgIpc) is 2.29. The van der Waals surface area contributed by atoms with E-state index in [1.54, 1.807) is 6.92 Å². The molecule has 17 heavy (non-hydrogen) atoms. The molecule has 0 atom stereocenters. The van der Waals surface area contributed by atoms with Crippen molar-refractivity contribution in [2.75, 3.05) is 13.7 Å². The van der Waals surface area contributed by atoms with Crippen LogP contribution in [0.4, 0.5) is 0 Å². The Morgan fingerprint density at radius 2 is 2.18 bits per heavy atom. The van der Waals surface area contributed by atoms with Crippen molar-refractivity contribution in [3.05, 3.63) is 23.3 Å². The predicted octanol–water partition coefficient (Wildman–Crippen LogP) is 1.45. The molecule has 1 rings (SSSR count). The second-order valence-electron chi connectivity index (χ2n) is 2.96. The molecule has 0 fully saturated rings. The molecule has 0 saturated carbocycles. The quantitative estimate of drug-likeness (QED) is 0.645. The van der Waals surface area contributed by atoms with Gasteiger partial charge in [0.15, 0.2) is 11.5 Å². The summed E-state index contributed by atoms with van der Waals surface area (Å²) in [6, 6.07) is 2.69. The number of aldehydes is 1. The maximum atomic E-state index is 11.0. The molecule has 0 unspecified atom stereocenters. The molecule has 0 aliphatic heterocycles. The van der Waals surface area contributed by atoms with Gasteiger partial charge in [0.1, 0.15) is 11.8 Å². The second-order valence-corrected chi connectivity index (χ2v) is 2.96. The first-order chi connectivity index (χ1) is 7.63. The molecule has 1 N–H and O–H groups in total. The number of rotatable bonds is 5. The summed E-state index contributed by atoms with van der Waals surface area (Å²) in [5.41, 5.74) is 0.154. The van der Waals surface area contributed by atoms with Crippen LogP contribution in [-0.2, 0) is 0 Å². The van der Waals surface area contributed by atoms with E-state index in [-0.39, 0.29) is 63.2 Å². The topological polar surface area (TPSA) is 72.8 Å². The minimum Gasteiger partial charge on any atom is -1.00 e. The summed E-state index contributed by atoms with van der Waals surface area (Å²) in [5.74, 6) is -0.780. The van der Waals surface area contributed by atoms with Gasteiger partial charge < -0.3 is 17.4 Å². The van der Waals surface area contributed by atoms with Crippen LogP contribution in [0.5, 0.6) is 11.5 Å². The molecular formula is C11H14CaO5. The Morgan fingerprint density at radius 3 is 2.59 bits per heavy atom. The molecule has 0 spiro atoms. The van der Waals surface area contributed by atoms with E-state index >= 15 is 0 Å². The Bertz CT molecular complexity index is 426. The fourth-order valence-electron chi connectivity index (χ4n) is 1.30. The minimum absolute atomic E-state index is 0. The van der Waals surface area contributed by atoms with E-state index in [0.29, 0.717) is 12.9 Å². The molecule has 0 saturated heterocycles. The molecule has 0 radical (unpaired) electrons. The van der Waals surface area contributed by atoms with Crippen LogP contribution in [0.25, 0.3) is 0 Å². The van der Waals surface area contributed by atoms with Crippen molar-refractivity contribution in [3.63, 3.8) is 0 Å². The monoisotopic (exact) mass is 266 g/mol. The summed E-state index contributed by atoms with van der Waals surface area (Å²) in [5, 5.41) is 8.98.